The zero-order valence-electron chi connectivity index (χ0n) is 12.2. The van der Waals surface area contributed by atoms with Gasteiger partial charge in [0.05, 0.1) is 11.0 Å². The molecule has 0 saturated heterocycles. The standard InChI is InChI=1S/C17H18BrN3/c1-3-4-17-20-15-10-12(19)5-8-16(15)21(17)13-6-7-14(18)11(2)9-13/h5-10H,3-4,19H2,1-2H3. The van der Waals surface area contributed by atoms with E-state index < -0.39 is 0 Å². The Morgan fingerprint density at radius 3 is 2.71 bits per heavy atom. The van der Waals surface area contributed by atoms with E-state index in [9.17, 15) is 0 Å². The molecule has 0 aliphatic carbocycles. The minimum Gasteiger partial charge on any atom is -0.399 e. The van der Waals surface area contributed by atoms with Crippen LogP contribution in [0.2, 0.25) is 0 Å². The SMILES string of the molecule is CCCc1nc2cc(N)ccc2n1-c1ccc(Br)c(C)c1. The van der Waals surface area contributed by atoms with E-state index >= 15 is 0 Å². The van der Waals surface area contributed by atoms with Crippen LogP contribution in [0.1, 0.15) is 24.7 Å². The second-order valence-electron chi connectivity index (χ2n) is 5.30. The quantitative estimate of drug-likeness (QED) is 0.704. The number of nitrogen functional groups attached to an aromatic ring is 1. The Bertz CT molecular complexity index is 805. The molecule has 2 aromatic carbocycles. The number of rotatable bonds is 3. The molecule has 3 nitrogen and oxygen atoms in total. The van der Waals surface area contributed by atoms with Crippen LogP contribution in [0, 0.1) is 6.92 Å². The van der Waals surface area contributed by atoms with Gasteiger partial charge in [-0.25, -0.2) is 4.98 Å². The third-order valence-corrected chi connectivity index (χ3v) is 4.51. The number of benzene rings is 2. The largest absolute Gasteiger partial charge is 0.399 e. The van der Waals surface area contributed by atoms with Gasteiger partial charge in [-0.2, -0.15) is 0 Å². The molecule has 0 bridgehead atoms. The Morgan fingerprint density at radius 2 is 2.00 bits per heavy atom. The number of imidazole rings is 1. The first-order valence-electron chi connectivity index (χ1n) is 7.13. The first kappa shape index (κ1) is 14.1. The lowest BCUT2D eigenvalue weighted by Crippen LogP contribution is -2.01. The van der Waals surface area contributed by atoms with Crippen molar-refractivity contribution in [2.75, 3.05) is 5.73 Å². The highest BCUT2D eigenvalue weighted by Crippen LogP contribution is 2.26. The highest BCUT2D eigenvalue weighted by molar-refractivity contribution is 9.10. The smallest absolute Gasteiger partial charge is 0.114 e. The number of anilines is 1. The predicted molar refractivity (Wildman–Crippen MR) is 91.9 cm³/mol. The van der Waals surface area contributed by atoms with Crippen LogP contribution in [0.25, 0.3) is 16.7 Å². The van der Waals surface area contributed by atoms with Crippen molar-refractivity contribution in [3.8, 4) is 5.69 Å². The molecular weight excluding hydrogens is 326 g/mol. The summed E-state index contributed by atoms with van der Waals surface area (Å²) in [5, 5.41) is 0. The molecule has 0 amide bonds. The van der Waals surface area contributed by atoms with Crippen molar-refractivity contribution in [1.29, 1.82) is 0 Å². The lowest BCUT2D eigenvalue weighted by Gasteiger charge is -2.10. The lowest BCUT2D eigenvalue weighted by molar-refractivity contribution is 0.818. The number of halogens is 1. The first-order valence-corrected chi connectivity index (χ1v) is 7.93. The van der Waals surface area contributed by atoms with Gasteiger partial charge in [0.25, 0.3) is 0 Å². The highest BCUT2D eigenvalue weighted by atomic mass is 79.9. The normalized spacial score (nSPS) is 11.2. The van der Waals surface area contributed by atoms with Gasteiger partial charge in [-0.3, -0.25) is 4.57 Å². The molecule has 21 heavy (non-hydrogen) atoms. The van der Waals surface area contributed by atoms with Crippen molar-refractivity contribution >= 4 is 32.7 Å². The molecular formula is C17H18BrN3. The van der Waals surface area contributed by atoms with Gasteiger partial charge in [0.15, 0.2) is 0 Å². The zero-order chi connectivity index (χ0) is 15.0. The van der Waals surface area contributed by atoms with E-state index in [1.165, 1.54) is 5.56 Å². The highest BCUT2D eigenvalue weighted by Gasteiger charge is 2.12. The minimum absolute atomic E-state index is 0.752. The number of hydrogen-bond acceptors (Lipinski definition) is 2. The Morgan fingerprint density at radius 1 is 1.19 bits per heavy atom. The summed E-state index contributed by atoms with van der Waals surface area (Å²) in [6.07, 6.45) is 2.01. The number of nitrogens with zero attached hydrogens (tertiary/aromatic N) is 2. The van der Waals surface area contributed by atoms with Crippen molar-refractivity contribution in [3.63, 3.8) is 0 Å². The predicted octanol–water partition coefficient (Wildman–Crippen LogP) is 4.63. The summed E-state index contributed by atoms with van der Waals surface area (Å²) in [4.78, 5) is 4.76. The Balaban J connectivity index is 2.27. The van der Waals surface area contributed by atoms with Gasteiger partial charge in [0.1, 0.15) is 5.82 Å². The summed E-state index contributed by atoms with van der Waals surface area (Å²) in [6.45, 7) is 4.27. The summed E-state index contributed by atoms with van der Waals surface area (Å²) in [5.74, 6) is 1.08. The lowest BCUT2D eigenvalue weighted by atomic mass is 10.2. The molecule has 108 valence electrons. The van der Waals surface area contributed by atoms with Crippen molar-refractivity contribution < 1.29 is 0 Å². The van der Waals surface area contributed by atoms with Gasteiger partial charge in [-0.15, -0.1) is 0 Å². The van der Waals surface area contributed by atoms with E-state index in [4.69, 9.17) is 10.7 Å². The molecule has 0 unspecified atom stereocenters. The maximum Gasteiger partial charge on any atom is 0.114 e. The molecule has 0 saturated carbocycles. The second kappa shape index (κ2) is 5.53. The molecule has 1 heterocycles. The summed E-state index contributed by atoms with van der Waals surface area (Å²) in [6, 6.07) is 12.3. The molecule has 1 aromatic heterocycles. The van der Waals surface area contributed by atoms with Gasteiger partial charge < -0.3 is 5.73 Å². The molecule has 0 aliphatic rings. The molecule has 0 atom stereocenters. The molecule has 4 heteroatoms. The second-order valence-corrected chi connectivity index (χ2v) is 6.15. The van der Waals surface area contributed by atoms with Crippen LogP contribution in [-0.2, 0) is 6.42 Å². The fourth-order valence-corrected chi connectivity index (χ4v) is 2.84. The zero-order valence-corrected chi connectivity index (χ0v) is 13.8. The molecule has 0 fully saturated rings. The van der Waals surface area contributed by atoms with E-state index in [2.05, 4.69) is 52.5 Å². The maximum absolute atomic E-state index is 5.88. The summed E-state index contributed by atoms with van der Waals surface area (Å²) < 4.78 is 3.36. The van der Waals surface area contributed by atoms with Gasteiger partial charge in [0, 0.05) is 22.3 Å². The van der Waals surface area contributed by atoms with Crippen LogP contribution in [0.4, 0.5) is 5.69 Å². The Kier molecular flexibility index (Phi) is 3.72. The van der Waals surface area contributed by atoms with Crippen molar-refractivity contribution in [1.82, 2.24) is 9.55 Å². The third-order valence-electron chi connectivity index (χ3n) is 3.62. The number of nitrogens with two attached hydrogens (primary N) is 1. The van der Waals surface area contributed by atoms with Crippen molar-refractivity contribution in [2.24, 2.45) is 0 Å². The van der Waals surface area contributed by atoms with Crippen LogP contribution in [0.5, 0.6) is 0 Å². The van der Waals surface area contributed by atoms with Crippen LogP contribution in [0.15, 0.2) is 40.9 Å². The monoisotopic (exact) mass is 343 g/mol. The number of fused-ring (bicyclic) bond motifs is 1. The summed E-state index contributed by atoms with van der Waals surface area (Å²) >= 11 is 3.56. The fraction of sp³-hybridized carbons (Fsp3) is 0.235. The molecule has 3 aromatic rings. The number of aryl methyl sites for hydroxylation is 2. The van der Waals surface area contributed by atoms with Crippen molar-refractivity contribution in [2.45, 2.75) is 26.7 Å². The van der Waals surface area contributed by atoms with Crippen LogP contribution >= 0.6 is 15.9 Å². The van der Waals surface area contributed by atoms with Crippen LogP contribution < -0.4 is 5.73 Å². The molecule has 2 N–H and O–H groups in total. The van der Waals surface area contributed by atoms with E-state index in [1.807, 2.05) is 18.2 Å². The summed E-state index contributed by atoms with van der Waals surface area (Å²) in [5.41, 5.74) is 11.1. The third kappa shape index (κ3) is 2.56. The van der Waals surface area contributed by atoms with Gasteiger partial charge in [-0.1, -0.05) is 22.9 Å². The van der Waals surface area contributed by atoms with E-state index in [0.29, 0.717) is 0 Å². The van der Waals surface area contributed by atoms with E-state index in [1.54, 1.807) is 0 Å². The Labute approximate surface area is 132 Å². The first-order chi connectivity index (χ1) is 10.1. The minimum atomic E-state index is 0.752. The van der Waals surface area contributed by atoms with Crippen molar-refractivity contribution in [3.05, 3.63) is 52.3 Å². The topological polar surface area (TPSA) is 43.8 Å². The average Bonchev–Trinajstić information content (AvgIpc) is 2.79. The summed E-state index contributed by atoms with van der Waals surface area (Å²) in [7, 11) is 0. The number of aromatic nitrogens is 2. The Hall–Kier alpha value is -1.81. The van der Waals surface area contributed by atoms with Gasteiger partial charge >= 0.3 is 0 Å². The van der Waals surface area contributed by atoms with Gasteiger partial charge in [0.2, 0.25) is 0 Å². The molecule has 0 radical (unpaired) electrons. The van der Waals surface area contributed by atoms with Crippen LogP contribution in [-0.4, -0.2) is 9.55 Å². The van der Waals surface area contributed by atoms with Gasteiger partial charge in [-0.05, 0) is 55.3 Å². The van der Waals surface area contributed by atoms with E-state index in [-0.39, 0.29) is 0 Å². The molecule has 3 rings (SSSR count). The maximum atomic E-state index is 5.88. The van der Waals surface area contributed by atoms with Crippen LogP contribution in [0.3, 0.4) is 0 Å². The molecule has 0 aliphatic heterocycles. The number of hydrogen-bond donors (Lipinski definition) is 1. The average molecular weight is 344 g/mol. The molecule has 0 spiro atoms. The fourth-order valence-electron chi connectivity index (χ4n) is 2.59. The van der Waals surface area contributed by atoms with E-state index in [0.717, 1.165) is 45.5 Å².